The number of anilines is 1. The molecule has 1 aromatic heterocycles. The SMILES string of the molecule is FC(F)(F)c1cccc(N2CCN(Cc3cc(-c4ccccc4)on3)CC2)c1. The molecule has 1 fully saturated rings. The van der Waals surface area contributed by atoms with Gasteiger partial charge in [0.05, 0.1) is 11.3 Å². The summed E-state index contributed by atoms with van der Waals surface area (Å²) in [7, 11) is 0. The highest BCUT2D eigenvalue weighted by atomic mass is 19.4. The van der Waals surface area contributed by atoms with Crippen LogP contribution in [0.2, 0.25) is 0 Å². The zero-order valence-corrected chi connectivity index (χ0v) is 15.2. The second-order valence-corrected chi connectivity index (χ2v) is 6.86. The van der Waals surface area contributed by atoms with Crippen LogP contribution in [-0.2, 0) is 12.7 Å². The summed E-state index contributed by atoms with van der Waals surface area (Å²) >= 11 is 0. The van der Waals surface area contributed by atoms with E-state index >= 15 is 0 Å². The van der Waals surface area contributed by atoms with E-state index in [-0.39, 0.29) is 0 Å². The minimum atomic E-state index is -4.32. The molecule has 1 saturated heterocycles. The van der Waals surface area contributed by atoms with E-state index in [0.717, 1.165) is 36.2 Å². The van der Waals surface area contributed by atoms with Crippen molar-refractivity contribution >= 4 is 5.69 Å². The Bertz CT molecular complexity index is 916. The second kappa shape index (κ2) is 7.67. The van der Waals surface area contributed by atoms with E-state index in [9.17, 15) is 13.2 Å². The van der Waals surface area contributed by atoms with Crippen LogP contribution in [0.25, 0.3) is 11.3 Å². The van der Waals surface area contributed by atoms with Crippen molar-refractivity contribution in [3.63, 3.8) is 0 Å². The molecule has 0 bridgehead atoms. The fourth-order valence-electron chi connectivity index (χ4n) is 3.40. The lowest BCUT2D eigenvalue weighted by atomic mass is 10.1. The maximum absolute atomic E-state index is 12.9. The van der Waals surface area contributed by atoms with Crippen LogP contribution in [0.15, 0.2) is 65.2 Å². The third kappa shape index (κ3) is 4.20. The van der Waals surface area contributed by atoms with Gasteiger partial charge < -0.3 is 9.42 Å². The molecule has 1 aliphatic heterocycles. The van der Waals surface area contributed by atoms with Crippen molar-refractivity contribution in [2.24, 2.45) is 0 Å². The van der Waals surface area contributed by atoms with E-state index in [1.54, 1.807) is 6.07 Å². The molecule has 1 aliphatic rings. The van der Waals surface area contributed by atoms with E-state index in [1.165, 1.54) is 12.1 Å². The van der Waals surface area contributed by atoms with Gasteiger partial charge in [0, 0.05) is 50.0 Å². The first-order valence-corrected chi connectivity index (χ1v) is 9.14. The van der Waals surface area contributed by atoms with E-state index < -0.39 is 11.7 Å². The summed E-state index contributed by atoms with van der Waals surface area (Å²) in [6.45, 7) is 3.51. The average molecular weight is 387 g/mol. The Morgan fingerprint density at radius 1 is 0.893 bits per heavy atom. The fourth-order valence-corrected chi connectivity index (χ4v) is 3.40. The van der Waals surface area contributed by atoms with Crippen LogP contribution < -0.4 is 4.90 Å². The quantitative estimate of drug-likeness (QED) is 0.651. The summed E-state index contributed by atoms with van der Waals surface area (Å²) in [5.41, 5.74) is 1.84. The summed E-state index contributed by atoms with van der Waals surface area (Å²) in [5.74, 6) is 0.734. The number of benzene rings is 2. The zero-order chi connectivity index (χ0) is 19.6. The van der Waals surface area contributed by atoms with Gasteiger partial charge in [-0.2, -0.15) is 13.2 Å². The van der Waals surface area contributed by atoms with Crippen molar-refractivity contribution in [2.75, 3.05) is 31.1 Å². The highest BCUT2D eigenvalue weighted by Crippen LogP contribution is 2.32. The molecule has 4 rings (SSSR count). The smallest absolute Gasteiger partial charge is 0.369 e. The van der Waals surface area contributed by atoms with Crippen molar-refractivity contribution in [3.05, 3.63) is 71.9 Å². The monoisotopic (exact) mass is 387 g/mol. The lowest BCUT2D eigenvalue weighted by molar-refractivity contribution is -0.137. The number of hydrogen-bond donors (Lipinski definition) is 0. The van der Waals surface area contributed by atoms with Crippen molar-refractivity contribution in [3.8, 4) is 11.3 Å². The lowest BCUT2D eigenvalue weighted by Crippen LogP contribution is -2.46. The van der Waals surface area contributed by atoms with E-state index in [4.69, 9.17) is 4.52 Å². The molecule has 0 saturated carbocycles. The molecule has 0 spiro atoms. The number of rotatable bonds is 4. The van der Waals surface area contributed by atoms with Gasteiger partial charge in [-0.15, -0.1) is 0 Å². The normalized spacial score (nSPS) is 15.8. The Balaban J connectivity index is 1.36. The molecule has 0 radical (unpaired) electrons. The zero-order valence-electron chi connectivity index (χ0n) is 15.2. The first kappa shape index (κ1) is 18.6. The molecule has 0 N–H and O–H groups in total. The molecule has 0 atom stereocenters. The van der Waals surface area contributed by atoms with E-state index in [0.29, 0.717) is 25.3 Å². The van der Waals surface area contributed by atoms with Gasteiger partial charge in [-0.1, -0.05) is 41.6 Å². The molecule has 4 nitrogen and oxygen atoms in total. The van der Waals surface area contributed by atoms with Crippen LogP contribution >= 0.6 is 0 Å². The van der Waals surface area contributed by atoms with Crippen molar-refractivity contribution in [2.45, 2.75) is 12.7 Å². The molecular weight excluding hydrogens is 367 g/mol. The maximum atomic E-state index is 12.9. The highest BCUT2D eigenvalue weighted by molar-refractivity contribution is 5.56. The van der Waals surface area contributed by atoms with Crippen LogP contribution in [-0.4, -0.2) is 36.2 Å². The van der Waals surface area contributed by atoms with Crippen LogP contribution in [0, 0.1) is 0 Å². The van der Waals surface area contributed by atoms with Gasteiger partial charge in [0.25, 0.3) is 0 Å². The molecule has 0 aliphatic carbocycles. The number of halogens is 3. The third-order valence-electron chi connectivity index (χ3n) is 4.91. The second-order valence-electron chi connectivity index (χ2n) is 6.86. The molecule has 2 heterocycles. The molecular formula is C21H20F3N3O. The van der Waals surface area contributed by atoms with Crippen molar-refractivity contribution in [1.29, 1.82) is 0 Å². The van der Waals surface area contributed by atoms with E-state index in [2.05, 4.69) is 10.1 Å². The molecule has 7 heteroatoms. The Morgan fingerprint density at radius 3 is 2.36 bits per heavy atom. The summed E-state index contributed by atoms with van der Waals surface area (Å²) in [5, 5.41) is 4.15. The molecule has 28 heavy (non-hydrogen) atoms. The molecule has 3 aromatic rings. The van der Waals surface area contributed by atoms with Crippen LogP contribution in [0.5, 0.6) is 0 Å². The third-order valence-corrected chi connectivity index (χ3v) is 4.91. The summed E-state index contributed by atoms with van der Waals surface area (Å²) in [4.78, 5) is 4.22. The predicted octanol–water partition coefficient (Wildman–Crippen LogP) is 4.68. The Kier molecular flexibility index (Phi) is 5.09. The lowest BCUT2D eigenvalue weighted by Gasteiger charge is -2.35. The Labute approximate surface area is 161 Å². The Morgan fingerprint density at radius 2 is 1.64 bits per heavy atom. The number of alkyl halides is 3. The van der Waals surface area contributed by atoms with Gasteiger partial charge in [0.15, 0.2) is 5.76 Å². The molecule has 2 aromatic carbocycles. The predicted molar refractivity (Wildman–Crippen MR) is 101 cm³/mol. The molecule has 0 unspecified atom stereocenters. The van der Waals surface area contributed by atoms with Gasteiger partial charge in [0.1, 0.15) is 0 Å². The first-order chi connectivity index (χ1) is 13.5. The van der Waals surface area contributed by atoms with Gasteiger partial charge in [-0.3, -0.25) is 4.90 Å². The van der Waals surface area contributed by atoms with Gasteiger partial charge >= 0.3 is 6.18 Å². The summed E-state index contributed by atoms with van der Waals surface area (Å²) in [6.07, 6.45) is -4.32. The summed E-state index contributed by atoms with van der Waals surface area (Å²) in [6, 6.07) is 17.2. The van der Waals surface area contributed by atoms with Crippen LogP contribution in [0.3, 0.4) is 0 Å². The van der Waals surface area contributed by atoms with E-state index in [1.807, 2.05) is 41.3 Å². The number of hydrogen-bond acceptors (Lipinski definition) is 4. The van der Waals surface area contributed by atoms with Crippen molar-refractivity contribution in [1.82, 2.24) is 10.1 Å². The minimum absolute atomic E-state index is 0.608. The van der Waals surface area contributed by atoms with Crippen molar-refractivity contribution < 1.29 is 17.7 Å². The topological polar surface area (TPSA) is 32.5 Å². The number of piperazine rings is 1. The maximum Gasteiger partial charge on any atom is 0.416 e. The molecule has 146 valence electrons. The number of nitrogens with zero attached hydrogens (tertiary/aromatic N) is 3. The van der Waals surface area contributed by atoms with Gasteiger partial charge in [-0.05, 0) is 18.2 Å². The van der Waals surface area contributed by atoms with Gasteiger partial charge in [0.2, 0.25) is 0 Å². The van der Waals surface area contributed by atoms with Crippen LogP contribution in [0.1, 0.15) is 11.3 Å². The molecule has 0 amide bonds. The highest BCUT2D eigenvalue weighted by Gasteiger charge is 2.31. The largest absolute Gasteiger partial charge is 0.416 e. The minimum Gasteiger partial charge on any atom is -0.369 e. The Hall–Kier alpha value is -2.80. The van der Waals surface area contributed by atoms with Crippen LogP contribution in [0.4, 0.5) is 18.9 Å². The summed E-state index contributed by atoms with van der Waals surface area (Å²) < 4.78 is 44.2. The average Bonchev–Trinajstić information content (AvgIpc) is 3.17. The van der Waals surface area contributed by atoms with Gasteiger partial charge in [-0.25, -0.2) is 0 Å². The standard InChI is InChI=1S/C21H20F3N3O/c22-21(23,24)17-7-4-8-19(13-17)27-11-9-26(10-12-27)15-18-14-20(28-25-18)16-5-2-1-3-6-16/h1-8,13-14H,9-12,15H2. The number of aromatic nitrogens is 1. The fraction of sp³-hybridized carbons (Fsp3) is 0.286. The first-order valence-electron chi connectivity index (χ1n) is 9.14.